The SMILES string of the molecule is C=CCn1c(COc2ccc(Br)cc2)nnc1SCC(=O)Nc1sc2c(c1C(=O)OC)CCCCC2. The number of aromatic nitrogens is 3. The Hall–Kier alpha value is -2.63. The number of hydrogen-bond donors (Lipinski definition) is 1. The Morgan fingerprint density at radius 3 is 2.75 bits per heavy atom. The number of allylic oxidation sites excluding steroid dienone is 1. The number of halogens is 1. The third kappa shape index (κ3) is 6.37. The van der Waals surface area contributed by atoms with Crippen LogP contribution in [-0.4, -0.2) is 39.5 Å². The predicted molar refractivity (Wildman–Crippen MR) is 145 cm³/mol. The molecule has 1 amide bonds. The minimum absolute atomic E-state index is 0.117. The summed E-state index contributed by atoms with van der Waals surface area (Å²) in [5.41, 5.74) is 1.52. The second-order valence-corrected chi connectivity index (χ2v) is 11.1. The van der Waals surface area contributed by atoms with Crippen molar-refractivity contribution in [1.29, 1.82) is 0 Å². The zero-order valence-corrected chi connectivity index (χ0v) is 23.1. The largest absolute Gasteiger partial charge is 0.486 e. The van der Waals surface area contributed by atoms with Gasteiger partial charge in [-0.1, -0.05) is 40.2 Å². The molecular formula is C25H27BrN4O4S2. The number of nitrogens with one attached hydrogen (secondary N) is 1. The van der Waals surface area contributed by atoms with Gasteiger partial charge in [0.25, 0.3) is 0 Å². The first kappa shape index (κ1) is 26.4. The van der Waals surface area contributed by atoms with Gasteiger partial charge in [-0.3, -0.25) is 9.36 Å². The van der Waals surface area contributed by atoms with Crippen LogP contribution in [0.25, 0.3) is 0 Å². The van der Waals surface area contributed by atoms with Crippen LogP contribution in [0.2, 0.25) is 0 Å². The zero-order valence-electron chi connectivity index (χ0n) is 19.9. The fourth-order valence-electron chi connectivity index (χ4n) is 3.97. The molecule has 0 fully saturated rings. The maximum absolute atomic E-state index is 12.9. The standard InChI is InChI=1S/C25H27BrN4O4S2/c1-3-13-30-20(14-34-17-11-9-16(26)10-12-17)28-29-25(30)35-15-21(31)27-23-22(24(32)33-2)18-7-5-4-6-8-19(18)36-23/h3,9-12H,1,4-8,13-15H2,2H3,(H,27,31). The lowest BCUT2D eigenvalue weighted by Gasteiger charge is -2.10. The minimum atomic E-state index is -0.404. The number of anilines is 1. The number of rotatable bonds is 10. The average Bonchev–Trinajstić information content (AvgIpc) is 3.33. The van der Waals surface area contributed by atoms with Gasteiger partial charge in [0.1, 0.15) is 17.4 Å². The van der Waals surface area contributed by atoms with E-state index in [1.54, 1.807) is 6.08 Å². The Labute approximate surface area is 226 Å². The van der Waals surface area contributed by atoms with Crippen LogP contribution in [0.1, 0.15) is 45.9 Å². The van der Waals surface area contributed by atoms with E-state index < -0.39 is 5.97 Å². The quantitative estimate of drug-likeness (QED) is 0.141. The number of benzene rings is 1. The van der Waals surface area contributed by atoms with Gasteiger partial charge in [-0.05, 0) is 55.5 Å². The smallest absolute Gasteiger partial charge is 0.341 e. The number of aryl methyl sites for hydroxylation is 1. The number of nitrogens with zero attached hydrogens (tertiary/aromatic N) is 3. The Kier molecular flexibility index (Phi) is 9.22. The van der Waals surface area contributed by atoms with Gasteiger partial charge in [-0.2, -0.15) is 0 Å². The highest BCUT2D eigenvalue weighted by Gasteiger charge is 2.26. The molecule has 0 saturated carbocycles. The van der Waals surface area contributed by atoms with Crippen molar-refractivity contribution < 1.29 is 19.1 Å². The molecule has 8 nitrogen and oxygen atoms in total. The molecule has 36 heavy (non-hydrogen) atoms. The Morgan fingerprint density at radius 2 is 2.00 bits per heavy atom. The first-order valence-electron chi connectivity index (χ1n) is 11.6. The summed E-state index contributed by atoms with van der Waals surface area (Å²) in [6.07, 6.45) is 6.76. The lowest BCUT2D eigenvalue weighted by molar-refractivity contribution is -0.113. The monoisotopic (exact) mass is 590 g/mol. The van der Waals surface area contributed by atoms with Gasteiger partial charge >= 0.3 is 5.97 Å². The number of thioether (sulfide) groups is 1. The molecule has 0 spiro atoms. The normalized spacial score (nSPS) is 12.9. The Morgan fingerprint density at radius 1 is 1.22 bits per heavy atom. The van der Waals surface area contributed by atoms with Crippen molar-refractivity contribution in [2.75, 3.05) is 18.2 Å². The molecule has 190 valence electrons. The van der Waals surface area contributed by atoms with Gasteiger partial charge in [-0.25, -0.2) is 4.79 Å². The van der Waals surface area contributed by atoms with E-state index in [2.05, 4.69) is 38.0 Å². The van der Waals surface area contributed by atoms with E-state index in [1.165, 1.54) is 30.2 Å². The summed E-state index contributed by atoms with van der Waals surface area (Å²) in [5.74, 6) is 0.846. The number of esters is 1. The zero-order chi connectivity index (χ0) is 25.5. The molecule has 1 aliphatic carbocycles. The molecule has 0 aliphatic heterocycles. The van der Waals surface area contributed by atoms with Crippen LogP contribution in [0.3, 0.4) is 0 Å². The summed E-state index contributed by atoms with van der Waals surface area (Å²) < 4.78 is 13.7. The predicted octanol–water partition coefficient (Wildman–Crippen LogP) is 5.65. The summed E-state index contributed by atoms with van der Waals surface area (Å²) in [6.45, 7) is 4.54. The highest BCUT2D eigenvalue weighted by molar-refractivity contribution is 9.10. The third-order valence-corrected chi connectivity index (χ3v) is 8.39. The van der Waals surface area contributed by atoms with E-state index in [-0.39, 0.29) is 18.3 Å². The van der Waals surface area contributed by atoms with Crippen LogP contribution in [0, 0.1) is 0 Å². The molecule has 1 aromatic carbocycles. The van der Waals surface area contributed by atoms with Crippen LogP contribution in [-0.2, 0) is 35.5 Å². The van der Waals surface area contributed by atoms with Crippen LogP contribution < -0.4 is 10.1 Å². The number of carbonyl (C=O) groups is 2. The number of carbonyl (C=O) groups excluding carboxylic acids is 2. The molecule has 4 rings (SSSR count). The van der Waals surface area contributed by atoms with Gasteiger partial charge in [0.05, 0.1) is 18.4 Å². The average molecular weight is 592 g/mol. The lowest BCUT2D eigenvalue weighted by Crippen LogP contribution is -2.17. The highest BCUT2D eigenvalue weighted by Crippen LogP contribution is 2.38. The van der Waals surface area contributed by atoms with E-state index in [0.29, 0.717) is 28.1 Å². The summed E-state index contributed by atoms with van der Waals surface area (Å²) in [7, 11) is 1.37. The van der Waals surface area contributed by atoms with E-state index in [9.17, 15) is 9.59 Å². The number of thiophene rings is 1. The number of hydrogen-bond acceptors (Lipinski definition) is 8. The van der Waals surface area contributed by atoms with E-state index in [1.807, 2.05) is 28.8 Å². The molecule has 2 aromatic heterocycles. The number of fused-ring (bicyclic) bond motifs is 1. The molecule has 0 saturated heterocycles. The number of ether oxygens (including phenoxy) is 2. The van der Waals surface area contributed by atoms with Crippen molar-refractivity contribution in [3.8, 4) is 5.75 Å². The Balaban J connectivity index is 1.42. The van der Waals surface area contributed by atoms with E-state index >= 15 is 0 Å². The minimum Gasteiger partial charge on any atom is -0.486 e. The molecule has 0 unspecified atom stereocenters. The van der Waals surface area contributed by atoms with Crippen molar-refractivity contribution in [2.24, 2.45) is 0 Å². The fraction of sp³-hybridized carbons (Fsp3) is 0.360. The lowest BCUT2D eigenvalue weighted by atomic mass is 10.1. The summed E-state index contributed by atoms with van der Waals surface area (Å²) in [5, 5.41) is 12.6. The van der Waals surface area contributed by atoms with Crippen molar-refractivity contribution in [3.63, 3.8) is 0 Å². The summed E-state index contributed by atoms with van der Waals surface area (Å²) >= 11 is 6.16. The molecule has 11 heteroatoms. The highest BCUT2D eigenvalue weighted by atomic mass is 79.9. The second kappa shape index (κ2) is 12.6. The van der Waals surface area contributed by atoms with Crippen LogP contribution >= 0.6 is 39.0 Å². The molecule has 3 aromatic rings. The summed E-state index contributed by atoms with van der Waals surface area (Å²) in [6, 6.07) is 7.54. The number of amides is 1. The number of methoxy groups -OCH3 is 1. The fourth-order valence-corrected chi connectivity index (χ4v) is 6.29. The van der Waals surface area contributed by atoms with E-state index in [4.69, 9.17) is 9.47 Å². The van der Waals surface area contributed by atoms with Crippen LogP contribution in [0.4, 0.5) is 5.00 Å². The third-order valence-electron chi connectivity index (χ3n) is 5.68. The van der Waals surface area contributed by atoms with Crippen LogP contribution in [0.15, 0.2) is 46.5 Å². The summed E-state index contributed by atoms with van der Waals surface area (Å²) in [4.78, 5) is 26.5. The van der Waals surface area contributed by atoms with E-state index in [0.717, 1.165) is 52.8 Å². The first-order valence-corrected chi connectivity index (χ1v) is 14.2. The molecule has 0 bridgehead atoms. The van der Waals surface area contributed by atoms with Gasteiger partial charge in [-0.15, -0.1) is 28.1 Å². The Bertz CT molecular complexity index is 1240. The van der Waals surface area contributed by atoms with Gasteiger partial charge in [0.2, 0.25) is 5.91 Å². The molecule has 2 heterocycles. The first-order chi connectivity index (χ1) is 17.5. The molecule has 1 N–H and O–H groups in total. The van der Waals surface area contributed by atoms with Crippen molar-refractivity contribution in [1.82, 2.24) is 14.8 Å². The van der Waals surface area contributed by atoms with Gasteiger partial charge < -0.3 is 14.8 Å². The van der Waals surface area contributed by atoms with Crippen molar-refractivity contribution >= 4 is 55.9 Å². The van der Waals surface area contributed by atoms with Gasteiger partial charge in [0.15, 0.2) is 11.0 Å². The topological polar surface area (TPSA) is 95.3 Å². The maximum atomic E-state index is 12.9. The maximum Gasteiger partial charge on any atom is 0.341 e. The molecule has 0 atom stereocenters. The molecule has 1 aliphatic rings. The molecule has 0 radical (unpaired) electrons. The second-order valence-electron chi connectivity index (χ2n) is 8.14. The van der Waals surface area contributed by atoms with Crippen LogP contribution in [0.5, 0.6) is 5.75 Å². The van der Waals surface area contributed by atoms with Crippen molar-refractivity contribution in [3.05, 3.63) is 63.2 Å². The van der Waals surface area contributed by atoms with Crippen molar-refractivity contribution in [2.45, 2.75) is 50.4 Å². The van der Waals surface area contributed by atoms with Gasteiger partial charge in [0, 0.05) is 15.9 Å². The molecular weight excluding hydrogens is 564 g/mol.